The largest absolute Gasteiger partial charge is 0.394 e. The predicted molar refractivity (Wildman–Crippen MR) is 87.7 cm³/mol. The minimum Gasteiger partial charge on any atom is -0.394 e. The molecule has 0 spiro atoms. The monoisotopic (exact) mass is 373 g/mol. The Kier molecular flexibility index (Phi) is 6.10. The summed E-state index contributed by atoms with van der Waals surface area (Å²) in [6, 6.07) is 4.19. The number of carbonyl (C=O) groups is 1. The standard InChI is InChI=1S/C15H20BrNO3S/c1-10-6-14(11(2)5-13(10)16)21-9-15(19)17-3-4-20-12(7-17)8-18/h5-6,12,18H,3-4,7-9H2,1-2H3. The van der Waals surface area contributed by atoms with Crippen molar-refractivity contribution < 1.29 is 14.6 Å². The van der Waals surface area contributed by atoms with Crippen LogP contribution in [-0.2, 0) is 9.53 Å². The van der Waals surface area contributed by atoms with Crippen molar-refractivity contribution >= 4 is 33.6 Å². The van der Waals surface area contributed by atoms with Crippen LogP contribution in [0.5, 0.6) is 0 Å². The minimum atomic E-state index is -0.246. The molecule has 116 valence electrons. The number of morpholine rings is 1. The Morgan fingerprint density at radius 3 is 2.95 bits per heavy atom. The number of halogens is 1. The Morgan fingerprint density at radius 1 is 1.48 bits per heavy atom. The molecule has 0 radical (unpaired) electrons. The molecular weight excluding hydrogens is 354 g/mol. The maximum absolute atomic E-state index is 12.3. The molecule has 0 saturated carbocycles. The number of hydrogen-bond donors (Lipinski definition) is 1. The van der Waals surface area contributed by atoms with E-state index in [1.165, 1.54) is 11.1 Å². The molecule has 1 aromatic carbocycles. The quantitative estimate of drug-likeness (QED) is 0.823. The van der Waals surface area contributed by atoms with Crippen LogP contribution in [0.25, 0.3) is 0 Å². The van der Waals surface area contributed by atoms with Gasteiger partial charge in [0.05, 0.1) is 25.1 Å². The van der Waals surface area contributed by atoms with E-state index in [2.05, 4.69) is 28.1 Å². The first-order valence-corrected chi connectivity index (χ1v) is 8.69. The molecule has 4 nitrogen and oxygen atoms in total. The van der Waals surface area contributed by atoms with Gasteiger partial charge in [-0.2, -0.15) is 0 Å². The number of ether oxygens (including phenoxy) is 1. The Hall–Kier alpha value is -0.560. The highest BCUT2D eigenvalue weighted by Crippen LogP contribution is 2.28. The normalized spacial score (nSPS) is 18.9. The third-order valence-electron chi connectivity index (χ3n) is 3.50. The van der Waals surface area contributed by atoms with Gasteiger partial charge in [-0.25, -0.2) is 0 Å². The highest BCUT2D eigenvalue weighted by molar-refractivity contribution is 9.10. The van der Waals surface area contributed by atoms with Gasteiger partial charge in [0.25, 0.3) is 0 Å². The van der Waals surface area contributed by atoms with Crippen LogP contribution in [0.1, 0.15) is 11.1 Å². The second-order valence-corrected chi connectivity index (χ2v) is 7.04. The van der Waals surface area contributed by atoms with E-state index in [1.54, 1.807) is 16.7 Å². The number of thioether (sulfide) groups is 1. The second kappa shape index (κ2) is 7.63. The number of hydrogen-bond acceptors (Lipinski definition) is 4. The van der Waals surface area contributed by atoms with Crippen LogP contribution in [0.2, 0.25) is 0 Å². The number of benzene rings is 1. The number of nitrogens with zero attached hydrogens (tertiary/aromatic N) is 1. The average molecular weight is 374 g/mol. The van der Waals surface area contributed by atoms with Crippen molar-refractivity contribution in [3.8, 4) is 0 Å². The summed E-state index contributed by atoms with van der Waals surface area (Å²) in [7, 11) is 0. The third kappa shape index (κ3) is 4.45. The second-order valence-electron chi connectivity index (χ2n) is 5.17. The Balaban J connectivity index is 1.93. The molecule has 0 aromatic heterocycles. The average Bonchev–Trinajstić information content (AvgIpc) is 2.49. The summed E-state index contributed by atoms with van der Waals surface area (Å²) in [5.74, 6) is 0.516. The van der Waals surface area contributed by atoms with E-state index in [0.29, 0.717) is 25.4 Å². The van der Waals surface area contributed by atoms with E-state index >= 15 is 0 Å². The van der Waals surface area contributed by atoms with Crippen LogP contribution in [0.3, 0.4) is 0 Å². The molecule has 1 aliphatic heterocycles. The van der Waals surface area contributed by atoms with Crippen molar-refractivity contribution in [3.63, 3.8) is 0 Å². The molecule has 1 amide bonds. The number of aliphatic hydroxyl groups is 1. The molecule has 1 atom stereocenters. The van der Waals surface area contributed by atoms with Crippen molar-refractivity contribution in [1.82, 2.24) is 4.90 Å². The topological polar surface area (TPSA) is 49.8 Å². The smallest absolute Gasteiger partial charge is 0.233 e. The molecule has 1 N–H and O–H groups in total. The highest BCUT2D eigenvalue weighted by atomic mass is 79.9. The summed E-state index contributed by atoms with van der Waals surface area (Å²) in [4.78, 5) is 15.2. The molecule has 1 aromatic rings. The summed E-state index contributed by atoms with van der Waals surface area (Å²) >= 11 is 5.08. The van der Waals surface area contributed by atoms with E-state index in [0.717, 1.165) is 9.37 Å². The molecule has 1 aliphatic rings. The summed E-state index contributed by atoms with van der Waals surface area (Å²) in [5.41, 5.74) is 2.34. The van der Waals surface area contributed by atoms with Crippen LogP contribution in [0.4, 0.5) is 0 Å². The minimum absolute atomic E-state index is 0.0397. The van der Waals surface area contributed by atoms with Gasteiger partial charge in [0.1, 0.15) is 0 Å². The zero-order valence-corrected chi connectivity index (χ0v) is 14.7. The van der Waals surface area contributed by atoms with Gasteiger partial charge in [-0.1, -0.05) is 15.9 Å². The lowest BCUT2D eigenvalue weighted by Crippen LogP contribution is -2.47. The van der Waals surface area contributed by atoms with Crippen molar-refractivity contribution in [2.75, 3.05) is 32.1 Å². The van der Waals surface area contributed by atoms with Gasteiger partial charge in [-0.05, 0) is 37.1 Å². The number of rotatable bonds is 4. The molecule has 0 bridgehead atoms. The van der Waals surface area contributed by atoms with Crippen molar-refractivity contribution in [1.29, 1.82) is 0 Å². The molecule has 6 heteroatoms. The highest BCUT2D eigenvalue weighted by Gasteiger charge is 2.23. The molecule has 1 unspecified atom stereocenters. The van der Waals surface area contributed by atoms with Crippen LogP contribution in [0, 0.1) is 13.8 Å². The lowest BCUT2D eigenvalue weighted by molar-refractivity contribution is -0.137. The van der Waals surface area contributed by atoms with Gasteiger partial charge in [0, 0.05) is 22.5 Å². The van der Waals surface area contributed by atoms with Crippen LogP contribution in [-0.4, -0.2) is 54.1 Å². The first kappa shape index (κ1) is 16.8. The first-order chi connectivity index (χ1) is 10.0. The van der Waals surface area contributed by atoms with Crippen LogP contribution >= 0.6 is 27.7 Å². The van der Waals surface area contributed by atoms with Gasteiger partial charge >= 0.3 is 0 Å². The fourth-order valence-corrected chi connectivity index (χ4v) is 3.66. The maximum Gasteiger partial charge on any atom is 0.233 e. The predicted octanol–water partition coefficient (Wildman–Crippen LogP) is 2.38. The fourth-order valence-electron chi connectivity index (χ4n) is 2.20. The fraction of sp³-hybridized carbons (Fsp3) is 0.533. The molecule has 0 aliphatic carbocycles. The van der Waals surface area contributed by atoms with Crippen LogP contribution in [0.15, 0.2) is 21.5 Å². The number of amides is 1. The van der Waals surface area contributed by atoms with Crippen molar-refractivity contribution in [2.24, 2.45) is 0 Å². The van der Waals surface area contributed by atoms with E-state index < -0.39 is 0 Å². The van der Waals surface area contributed by atoms with E-state index in [9.17, 15) is 4.79 Å². The van der Waals surface area contributed by atoms with E-state index in [4.69, 9.17) is 9.84 Å². The van der Waals surface area contributed by atoms with Gasteiger partial charge in [0.2, 0.25) is 5.91 Å². The first-order valence-electron chi connectivity index (χ1n) is 6.91. The molecule has 1 saturated heterocycles. The number of aliphatic hydroxyl groups excluding tert-OH is 1. The number of carbonyl (C=O) groups excluding carboxylic acids is 1. The Morgan fingerprint density at radius 2 is 2.24 bits per heavy atom. The number of aryl methyl sites for hydroxylation is 2. The molecule has 21 heavy (non-hydrogen) atoms. The molecule has 1 fully saturated rings. The van der Waals surface area contributed by atoms with Crippen molar-refractivity contribution in [3.05, 3.63) is 27.7 Å². The van der Waals surface area contributed by atoms with E-state index in [1.807, 2.05) is 13.8 Å². The van der Waals surface area contributed by atoms with E-state index in [-0.39, 0.29) is 18.6 Å². The Labute approximate surface area is 138 Å². The zero-order chi connectivity index (χ0) is 15.4. The lowest BCUT2D eigenvalue weighted by atomic mass is 10.2. The lowest BCUT2D eigenvalue weighted by Gasteiger charge is -2.32. The molecule has 2 rings (SSSR count). The van der Waals surface area contributed by atoms with Crippen molar-refractivity contribution in [2.45, 2.75) is 24.8 Å². The van der Waals surface area contributed by atoms with Gasteiger partial charge in [0.15, 0.2) is 0 Å². The zero-order valence-electron chi connectivity index (χ0n) is 12.3. The summed E-state index contributed by atoms with van der Waals surface area (Å²) in [6.45, 7) is 5.64. The summed E-state index contributed by atoms with van der Waals surface area (Å²) < 4.78 is 6.45. The molecular formula is C15H20BrNO3S. The summed E-state index contributed by atoms with van der Waals surface area (Å²) in [5, 5.41) is 9.12. The van der Waals surface area contributed by atoms with Gasteiger partial charge in [-0.3, -0.25) is 4.79 Å². The van der Waals surface area contributed by atoms with Gasteiger partial charge < -0.3 is 14.7 Å². The SMILES string of the molecule is Cc1cc(SCC(=O)N2CCOC(CO)C2)c(C)cc1Br. The summed E-state index contributed by atoms with van der Waals surface area (Å²) in [6.07, 6.45) is -0.246. The van der Waals surface area contributed by atoms with Gasteiger partial charge in [-0.15, -0.1) is 11.8 Å². The molecule has 1 heterocycles. The maximum atomic E-state index is 12.3. The Bertz CT molecular complexity index is 524. The third-order valence-corrected chi connectivity index (χ3v) is 5.50. The van der Waals surface area contributed by atoms with Crippen LogP contribution < -0.4 is 0 Å².